The van der Waals surface area contributed by atoms with Crippen LogP contribution in [0.15, 0.2) is 42.5 Å². The van der Waals surface area contributed by atoms with Gasteiger partial charge in [0, 0.05) is 5.56 Å². The molecule has 0 unspecified atom stereocenters. The fraction of sp³-hybridized carbons (Fsp3) is 0.0625. The van der Waals surface area contributed by atoms with Gasteiger partial charge in [-0.1, -0.05) is 36.4 Å². The second kappa shape index (κ2) is 5.74. The molecule has 94 valence electrons. The van der Waals surface area contributed by atoms with Crippen LogP contribution in [0.2, 0.25) is 0 Å². The SMILES string of the molecule is COc1cccc(/C=C/c2cccc(C#N)c2O)c1. The molecule has 0 atom stereocenters. The van der Waals surface area contributed by atoms with Gasteiger partial charge in [-0.05, 0) is 23.8 Å². The number of phenols is 1. The monoisotopic (exact) mass is 251 g/mol. The lowest BCUT2D eigenvalue weighted by Gasteiger charge is -2.02. The summed E-state index contributed by atoms with van der Waals surface area (Å²) >= 11 is 0. The summed E-state index contributed by atoms with van der Waals surface area (Å²) < 4.78 is 5.14. The highest BCUT2D eigenvalue weighted by Crippen LogP contribution is 2.24. The Morgan fingerprint density at radius 3 is 2.68 bits per heavy atom. The number of nitriles is 1. The normalized spacial score (nSPS) is 10.3. The van der Waals surface area contributed by atoms with Crippen molar-refractivity contribution < 1.29 is 9.84 Å². The van der Waals surface area contributed by atoms with Gasteiger partial charge in [0.2, 0.25) is 0 Å². The molecule has 0 saturated carbocycles. The number of rotatable bonds is 3. The van der Waals surface area contributed by atoms with E-state index in [4.69, 9.17) is 10.00 Å². The summed E-state index contributed by atoms with van der Waals surface area (Å²) in [6.45, 7) is 0. The number of benzene rings is 2. The number of phenolic OH excluding ortho intramolecular Hbond substituents is 1. The fourth-order valence-corrected chi connectivity index (χ4v) is 1.72. The van der Waals surface area contributed by atoms with Crippen molar-refractivity contribution in [2.75, 3.05) is 7.11 Å². The Labute approximate surface area is 112 Å². The maximum absolute atomic E-state index is 9.87. The molecule has 0 aliphatic rings. The molecule has 0 heterocycles. The first-order valence-electron chi connectivity index (χ1n) is 5.79. The summed E-state index contributed by atoms with van der Waals surface area (Å²) in [6, 6.07) is 14.6. The predicted octanol–water partition coefficient (Wildman–Crippen LogP) is 3.44. The van der Waals surface area contributed by atoms with Crippen LogP contribution in [0.5, 0.6) is 11.5 Å². The molecule has 0 fully saturated rings. The molecule has 0 aliphatic heterocycles. The largest absolute Gasteiger partial charge is 0.506 e. The van der Waals surface area contributed by atoms with Gasteiger partial charge in [-0.15, -0.1) is 0 Å². The van der Waals surface area contributed by atoms with E-state index in [1.165, 1.54) is 0 Å². The minimum absolute atomic E-state index is 0.00384. The number of aromatic hydroxyl groups is 1. The molecule has 0 saturated heterocycles. The van der Waals surface area contributed by atoms with Gasteiger partial charge in [0.05, 0.1) is 12.7 Å². The zero-order valence-corrected chi connectivity index (χ0v) is 10.5. The lowest BCUT2D eigenvalue weighted by molar-refractivity contribution is 0.414. The maximum Gasteiger partial charge on any atom is 0.140 e. The van der Waals surface area contributed by atoms with Crippen molar-refractivity contribution in [3.63, 3.8) is 0 Å². The summed E-state index contributed by atoms with van der Waals surface area (Å²) in [5, 5.41) is 18.7. The van der Waals surface area contributed by atoms with E-state index in [2.05, 4.69) is 0 Å². The Bertz CT molecular complexity index is 654. The third-order valence-electron chi connectivity index (χ3n) is 2.74. The zero-order chi connectivity index (χ0) is 13.7. The molecule has 0 amide bonds. The molecule has 0 bridgehead atoms. The molecule has 0 radical (unpaired) electrons. The number of methoxy groups -OCH3 is 1. The zero-order valence-electron chi connectivity index (χ0n) is 10.5. The van der Waals surface area contributed by atoms with Gasteiger partial charge < -0.3 is 9.84 Å². The van der Waals surface area contributed by atoms with Gasteiger partial charge in [0.15, 0.2) is 0 Å². The van der Waals surface area contributed by atoms with Crippen LogP contribution in [0.25, 0.3) is 12.2 Å². The molecule has 1 N–H and O–H groups in total. The fourth-order valence-electron chi connectivity index (χ4n) is 1.72. The third kappa shape index (κ3) is 2.93. The molecule has 0 aromatic heterocycles. The van der Waals surface area contributed by atoms with E-state index in [0.717, 1.165) is 11.3 Å². The lowest BCUT2D eigenvalue weighted by Crippen LogP contribution is -1.83. The first-order valence-corrected chi connectivity index (χ1v) is 5.79. The average Bonchev–Trinajstić information content (AvgIpc) is 2.46. The highest BCUT2D eigenvalue weighted by Gasteiger charge is 2.03. The number of para-hydroxylation sites is 1. The number of nitrogens with zero attached hydrogens (tertiary/aromatic N) is 1. The van der Waals surface area contributed by atoms with E-state index in [9.17, 15) is 5.11 Å². The molecular formula is C16H13NO2. The second-order valence-corrected chi connectivity index (χ2v) is 3.97. The predicted molar refractivity (Wildman–Crippen MR) is 74.7 cm³/mol. The molecule has 0 spiro atoms. The average molecular weight is 251 g/mol. The van der Waals surface area contributed by atoms with Crippen molar-refractivity contribution in [1.82, 2.24) is 0 Å². The van der Waals surface area contributed by atoms with E-state index in [0.29, 0.717) is 5.56 Å². The van der Waals surface area contributed by atoms with Crippen LogP contribution in [-0.2, 0) is 0 Å². The standard InChI is InChI=1S/C16H13NO2/c1-19-15-7-2-4-12(10-15)8-9-13-5-3-6-14(11-17)16(13)18/h2-10,18H,1H3/b9-8+. The van der Waals surface area contributed by atoms with E-state index >= 15 is 0 Å². The molecule has 0 aliphatic carbocycles. The maximum atomic E-state index is 9.87. The van der Waals surface area contributed by atoms with Gasteiger partial charge >= 0.3 is 0 Å². The van der Waals surface area contributed by atoms with E-state index in [1.54, 1.807) is 31.4 Å². The van der Waals surface area contributed by atoms with Crippen LogP contribution in [-0.4, -0.2) is 12.2 Å². The van der Waals surface area contributed by atoms with Crippen LogP contribution >= 0.6 is 0 Å². The summed E-state index contributed by atoms with van der Waals surface area (Å²) in [6.07, 6.45) is 3.63. The van der Waals surface area contributed by atoms with Crippen molar-refractivity contribution in [3.05, 3.63) is 59.2 Å². The molecule has 2 rings (SSSR count). The van der Waals surface area contributed by atoms with Crippen LogP contribution < -0.4 is 4.74 Å². The van der Waals surface area contributed by atoms with Crippen molar-refractivity contribution >= 4 is 12.2 Å². The summed E-state index contributed by atoms with van der Waals surface area (Å²) in [4.78, 5) is 0. The molecule has 3 nitrogen and oxygen atoms in total. The van der Waals surface area contributed by atoms with Crippen molar-refractivity contribution in [3.8, 4) is 17.6 Å². The van der Waals surface area contributed by atoms with E-state index in [-0.39, 0.29) is 11.3 Å². The van der Waals surface area contributed by atoms with Crippen LogP contribution in [0.1, 0.15) is 16.7 Å². The molecular weight excluding hydrogens is 238 g/mol. The van der Waals surface area contributed by atoms with E-state index < -0.39 is 0 Å². The Morgan fingerprint density at radius 1 is 1.16 bits per heavy atom. The van der Waals surface area contributed by atoms with E-state index in [1.807, 2.05) is 36.4 Å². The van der Waals surface area contributed by atoms with Gasteiger partial charge in [0.25, 0.3) is 0 Å². The number of ether oxygens (including phenoxy) is 1. The van der Waals surface area contributed by atoms with Crippen LogP contribution in [0.4, 0.5) is 0 Å². The third-order valence-corrected chi connectivity index (χ3v) is 2.74. The molecule has 3 heteroatoms. The minimum atomic E-state index is 0.00384. The summed E-state index contributed by atoms with van der Waals surface area (Å²) in [5.74, 6) is 0.779. The van der Waals surface area contributed by atoms with Crippen LogP contribution in [0.3, 0.4) is 0 Å². The Balaban J connectivity index is 2.30. The molecule has 2 aromatic carbocycles. The Morgan fingerprint density at radius 2 is 1.95 bits per heavy atom. The minimum Gasteiger partial charge on any atom is -0.506 e. The van der Waals surface area contributed by atoms with Crippen LogP contribution in [0, 0.1) is 11.3 Å². The van der Waals surface area contributed by atoms with Crippen molar-refractivity contribution in [2.24, 2.45) is 0 Å². The topological polar surface area (TPSA) is 53.2 Å². The summed E-state index contributed by atoms with van der Waals surface area (Å²) in [5.41, 5.74) is 1.84. The van der Waals surface area contributed by atoms with Gasteiger partial charge in [-0.3, -0.25) is 0 Å². The van der Waals surface area contributed by atoms with Crippen molar-refractivity contribution in [2.45, 2.75) is 0 Å². The first kappa shape index (κ1) is 12.7. The van der Waals surface area contributed by atoms with Gasteiger partial charge in [-0.2, -0.15) is 5.26 Å². The lowest BCUT2D eigenvalue weighted by atomic mass is 10.1. The molecule has 19 heavy (non-hydrogen) atoms. The Hall–Kier alpha value is -2.73. The smallest absolute Gasteiger partial charge is 0.140 e. The summed E-state index contributed by atoms with van der Waals surface area (Å²) in [7, 11) is 1.62. The number of hydrogen-bond acceptors (Lipinski definition) is 3. The quantitative estimate of drug-likeness (QED) is 0.850. The van der Waals surface area contributed by atoms with Gasteiger partial charge in [0.1, 0.15) is 17.6 Å². The first-order chi connectivity index (χ1) is 9.24. The van der Waals surface area contributed by atoms with Gasteiger partial charge in [-0.25, -0.2) is 0 Å². The Kier molecular flexibility index (Phi) is 3.84. The highest BCUT2D eigenvalue weighted by atomic mass is 16.5. The number of hydrogen-bond donors (Lipinski definition) is 1. The highest BCUT2D eigenvalue weighted by molar-refractivity contribution is 5.74. The van der Waals surface area contributed by atoms with Crippen molar-refractivity contribution in [1.29, 1.82) is 5.26 Å². The molecule has 2 aromatic rings. The second-order valence-electron chi connectivity index (χ2n) is 3.97.